The molecule has 0 saturated heterocycles. The van der Waals surface area contributed by atoms with Crippen molar-refractivity contribution >= 4 is 41.1 Å². The third-order valence-electron chi connectivity index (χ3n) is 3.86. The molecule has 1 amide bonds. The smallest absolute Gasteiger partial charge is 0.333 e. The van der Waals surface area contributed by atoms with Crippen LogP contribution < -0.4 is 20.1 Å². The Labute approximate surface area is 174 Å². The van der Waals surface area contributed by atoms with E-state index in [1.807, 2.05) is 0 Å². The van der Waals surface area contributed by atoms with Crippen LogP contribution in [0.15, 0.2) is 53.6 Å². The summed E-state index contributed by atoms with van der Waals surface area (Å²) in [5.41, 5.74) is 0.532. The molecule has 0 radical (unpaired) electrons. The Morgan fingerprint density at radius 1 is 1.30 bits per heavy atom. The molecule has 0 bridgehead atoms. The van der Waals surface area contributed by atoms with Gasteiger partial charge in [0.2, 0.25) is 5.91 Å². The van der Waals surface area contributed by atoms with E-state index in [9.17, 15) is 18.8 Å². The second-order valence-corrected chi connectivity index (χ2v) is 7.14. The predicted octanol–water partition coefficient (Wildman–Crippen LogP) is 1.25. The van der Waals surface area contributed by atoms with Crippen molar-refractivity contribution in [3.63, 3.8) is 0 Å². The quantitative estimate of drug-likeness (QED) is 0.598. The largest absolute Gasteiger partial charge is 0.463 e. The van der Waals surface area contributed by atoms with Crippen LogP contribution in [-0.4, -0.2) is 28.0 Å². The second kappa shape index (κ2) is 9.75. The van der Waals surface area contributed by atoms with Crippen LogP contribution >= 0.6 is 11.3 Å². The summed E-state index contributed by atoms with van der Waals surface area (Å²) in [6, 6.07) is 8.93. The first-order valence-corrected chi connectivity index (χ1v) is 9.83. The Morgan fingerprint density at radius 2 is 2.13 bits per heavy atom. The zero-order valence-electron chi connectivity index (χ0n) is 16.0. The maximum absolute atomic E-state index is 13.3. The number of anilines is 1. The van der Waals surface area contributed by atoms with Gasteiger partial charge in [-0.15, -0.1) is 11.3 Å². The number of nitrogens with zero attached hydrogens (tertiary/aromatic N) is 2. The SMILES string of the molecule is CCOC(=O)/C=c1\s/c(=C\c2cccnc2)c(=O)n1CC(=O)Nc1cccc(F)c1. The average Bonchev–Trinajstić information content (AvgIpc) is 2.97. The van der Waals surface area contributed by atoms with Crippen LogP contribution in [-0.2, 0) is 20.9 Å². The summed E-state index contributed by atoms with van der Waals surface area (Å²) in [4.78, 5) is 41.2. The van der Waals surface area contributed by atoms with Crippen LogP contribution in [0, 0.1) is 5.82 Å². The van der Waals surface area contributed by atoms with Crippen LogP contribution in [0.3, 0.4) is 0 Å². The van der Waals surface area contributed by atoms with Crippen molar-refractivity contribution in [1.82, 2.24) is 9.55 Å². The monoisotopic (exact) mass is 427 g/mol. The number of halogens is 1. The minimum absolute atomic E-state index is 0.180. The van der Waals surface area contributed by atoms with E-state index in [4.69, 9.17) is 4.74 Å². The molecule has 3 rings (SSSR count). The van der Waals surface area contributed by atoms with Crippen molar-refractivity contribution in [2.75, 3.05) is 11.9 Å². The number of rotatable bonds is 6. The molecule has 7 nitrogen and oxygen atoms in total. The molecule has 0 aliphatic rings. The molecule has 0 spiro atoms. The van der Waals surface area contributed by atoms with Gasteiger partial charge in [-0.25, -0.2) is 9.18 Å². The second-order valence-electron chi connectivity index (χ2n) is 6.08. The Hall–Kier alpha value is -3.59. The molecule has 30 heavy (non-hydrogen) atoms. The fraction of sp³-hybridized carbons (Fsp3) is 0.143. The van der Waals surface area contributed by atoms with E-state index >= 15 is 0 Å². The standard InChI is InChI=1S/C21H18FN3O4S/c1-2-29-20(27)11-19-25(13-18(26)24-16-7-3-6-15(22)10-16)21(28)17(30-19)9-14-5-4-8-23-12-14/h3-12H,2,13H2,1H3,(H,24,26)/b17-9-,19-11-. The van der Waals surface area contributed by atoms with Gasteiger partial charge in [-0.05, 0) is 42.8 Å². The number of nitrogens with one attached hydrogen (secondary N) is 1. The number of hydrogen-bond acceptors (Lipinski definition) is 6. The van der Waals surface area contributed by atoms with Gasteiger partial charge in [-0.2, -0.15) is 0 Å². The number of benzene rings is 1. The number of hydrogen-bond donors (Lipinski definition) is 1. The number of pyridine rings is 1. The topological polar surface area (TPSA) is 90.3 Å². The zero-order valence-corrected chi connectivity index (χ0v) is 16.8. The van der Waals surface area contributed by atoms with E-state index in [-0.39, 0.29) is 23.5 Å². The van der Waals surface area contributed by atoms with Gasteiger partial charge in [-0.1, -0.05) is 12.1 Å². The number of esters is 1. The molecule has 0 aliphatic heterocycles. The predicted molar refractivity (Wildman–Crippen MR) is 112 cm³/mol. The molecular weight excluding hydrogens is 409 g/mol. The van der Waals surface area contributed by atoms with Gasteiger partial charge in [-0.3, -0.25) is 19.1 Å². The first-order chi connectivity index (χ1) is 14.5. The molecule has 1 aromatic carbocycles. The lowest BCUT2D eigenvalue weighted by Crippen LogP contribution is -2.36. The van der Waals surface area contributed by atoms with Crippen molar-refractivity contribution in [3.05, 3.63) is 79.7 Å². The molecule has 2 aromatic heterocycles. The van der Waals surface area contributed by atoms with Crippen LogP contribution in [0.5, 0.6) is 0 Å². The molecular formula is C21H18FN3O4S. The highest BCUT2D eigenvalue weighted by Gasteiger charge is 2.12. The summed E-state index contributed by atoms with van der Waals surface area (Å²) < 4.78 is 20.0. The molecule has 0 saturated carbocycles. The third-order valence-corrected chi connectivity index (χ3v) is 4.92. The number of ether oxygens (including phenoxy) is 1. The van der Waals surface area contributed by atoms with Gasteiger partial charge in [0.25, 0.3) is 5.56 Å². The average molecular weight is 427 g/mol. The minimum Gasteiger partial charge on any atom is -0.463 e. The number of carbonyl (C=O) groups excluding carboxylic acids is 2. The fourth-order valence-electron chi connectivity index (χ4n) is 2.60. The van der Waals surface area contributed by atoms with Crippen LogP contribution in [0.4, 0.5) is 10.1 Å². The molecule has 0 atom stereocenters. The number of aromatic nitrogens is 2. The summed E-state index contributed by atoms with van der Waals surface area (Å²) in [5.74, 6) is -1.65. The van der Waals surface area contributed by atoms with E-state index in [1.165, 1.54) is 34.9 Å². The lowest BCUT2D eigenvalue weighted by Gasteiger charge is -2.06. The van der Waals surface area contributed by atoms with Gasteiger partial charge < -0.3 is 10.1 Å². The first kappa shape index (κ1) is 21.1. The summed E-state index contributed by atoms with van der Waals surface area (Å²) in [7, 11) is 0. The first-order valence-electron chi connectivity index (χ1n) is 9.01. The summed E-state index contributed by atoms with van der Waals surface area (Å²) in [6.07, 6.45) is 6.00. The zero-order chi connectivity index (χ0) is 21.5. The van der Waals surface area contributed by atoms with Crippen LogP contribution in [0.25, 0.3) is 12.2 Å². The Bertz CT molecular complexity index is 1240. The number of thiazole rings is 1. The summed E-state index contributed by atoms with van der Waals surface area (Å²) in [5, 5.41) is 2.54. The highest BCUT2D eigenvalue weighted by molar-refractivity contribution is 7.07. The van der Waals surface area contributed by atoms with Crippen LogP contribution in [0.2, 0.25) is 0 Å². The van der Waals surface area contributed by atoms with Crippen molar-refractivity contribution in [2.24, 2.45) is 0 Å². The molecule has 0 fully saturated rings. The molecule has 0 aliphatic carbocycles. The van der Waals surface area contributed by atoms with Gasteiger partial charge in [0, 0.05) is 18.1 Å². The lowest BCUT2D eigenvalue weighted by atomic mass is 10.3. The summed E-state index contributed by atoms with van der Waals surface area (Å²) in [6.45, 7) is 1.50. The van der Waals surface area contributed by atoms with E-state index in [1.54, 1.807) is 37.5 Å². The molecule has 9 heteroatoms. The van der Waals surface area contributed by atoms with Crippen molar-refractivity contribution < 1.29 is 18.7 Å². The van der Waals surface area contributed by atoms with Gasteiger partial charge in [0.05, 0.1) is 17.2 Å². The van der Waals surface area contributed by atoms with E-state index in [2.05, 4.69) is 10.3 Å². The maximum Gasteiger partial charge on any atom is 0.333 e. The fourth-order valence-corrected chi connectivity index (χ4v) is 3.63. The molecule has 0 unspecified atom stereocenters. The minimum atomic E-state index is -0.619. The Balaban J connectivity index is 1.99. The highest BCUT2D eigenvalue weighted by Crippen LogP contribution is 2.08. The van der Waals surface area contributed by atoms with E-state index < -0.39 is 23.3 Å². The van der Waals surface area contributed by atoms with Gasteiger partial charge >= 0.3 is 5.97 Å². The highest BCUT2D eigenvalue weighted by atomic mass is 32.1. The van der Waals surface area contributed by atoms with Gasteiger partial charge in [0.15, 0.2) is 0 Å². The third kappa shape index (κ3) is 5.48. The van der Waals surface area contributed by atoms with E-state index in [0.717, 1.165) is 11.3 Å². The van der Waals surface area contributed by atoms with Crippen molar-refractivity contribution in [2.45, 2.75) is 13.5 Å². The Kier molecular flexibility index (Phi) is 6.87. The van der Waals surface area contributed by atoms with Gasteiger partial charge in [0.1, 0.15) is 17.0 Å². The Morgan fingerprint density at radius 3 is 2.83 bits per heavy atom. The molecule has 3 aromatic rings. The normalized spacial score (nSPS) is 12.1. The van der Waals surface area contributed by atoms with E-state index in [0.29, 0.717) is 10.1 Å². The molecule has 2 heterocycles. The lowest BCUT2D eigenvalue weighted by molar-refractivity contribution is -0.135. The maximum atomic E-state index is 13.3. The summed E-state index contributed by atoms with van der Waals surface area (Å²) >= 11 is 1.06. The number of carbonyl (C=O) groups is 2. The molecule has 1 N–H and O–H groups in total. The number of amides is 1. The molecule has 154 valence electrons. The van der Waals surface area contributed by atoms with Crippen LogP contribution in [0.1, 0.15) is 12.5 Å². The van der Waals surface area contributed by atoms with Crippen molar-refractivity contribution in [1.29, 1.82) is 0 Å². The van der Waals surface area contributed by atoms with Crippen molar-refractivity contribution in [3.8, 4) is 0 Å².